The molecule has 2 aromatic carbocycles. The van der Waals surface area contributed by atoms with Gasteiger partial charge >= 0.3 is 0 Å². The lowest BCUT2D eigenvalue weighted by atomic mass is 9.95. The van der Waals surface area contributed by atoms with Crippen LogP contribution >= 0.6 is 27.5 Å². The lowest BCUT2D eigenvalue weighted by Gasteiger charge is -2.26. The van der Waals surface area contributed by atoms with Gasteiger partial charge in [-0.05, 0) is 56.1 Å². The van der Waals surface area contributed by atoms with E-state index in [1.165, 1.54) is 0 Å². The Morgan fingerprint density at radius 1 is 1.24 bits per heavy atom. The van der Waals surface area contributed by atoms with E-state index in [9.17, 15) is 4.79 Å². The molecule has 1 saturated heterocycles. The highest BCUT2D eigenvalue weighted by Gasteiger charge is 2.16. The van der Waals surface area contributed by atoms with E-state index in [0.29, 0.717) is 23.8 Å². The molecule has 0 bridgehead atoms. The molecule has 5 heteroatoms. The van der Waals surface area contributed by atoms with Gasteiger partial charge in [-0.15, -0.1) is 0 Å². The molecule has 0 aromatic heterocycles. The molecule has 25 heavy (non-hydrogen) atoms. The molecule has 3 rings (SSSR count). The summed E-state index contributed by atoms with van der Waals surface area (Å²) in [6.45, 7) is 2.61. The van der Waals surface area contributed by atoms with Crippen molar-refractivity contribution in [3.63, 3.8) is 0 Å². The van der Waals surface area contributed by atoms with Crippen LogP contribution in [0.3, 0.4) is 0 Å². The Morgan fingerprint density at radius 3 is 2.80 bits per heavy atom. The lowest BCUT2D eigenvalue weighted by Crippen LogP contribution is -2.41. The molecule has 0 spiro atoms. The van der Waals surface area contributed by atoms with Crippen LogP contribution in [0.25, 0.3) is 0 Å². The van der Waals surface area contributed by atoms with Crippen molar-refractivity contribution < 1.29 is 9.53 Å². The second kappa shape index (κ2) is 8.84. The number of nitrogens with one attached hydrogen (secondary N) is 1. The summed E-state index contributed by atoms with van der Waals surface area (Å²) in [5.41, 5.74) is 1.73. The molecule has 1 N–H and O–H groups in total. The minimum atomic E-state index is 0.186. The molecule has 1 fully saturated rings. The van der Waals surface area contributed by atoms with E-state index in [1.54, 1.807) is 0 Å². The number of halogens is 2. The van der Waals surface area contributed by atoms with Gasteiger partial charge in [0.05, 0.1) is 0 Å². The minimum absolute atomic E-state index is 0.186. The summed E-state index contributed by atoms with van der Waals surface area (Å²) in [6.07, 6.45) is 2.68. The van der Waals surface area contributed by atoms with Gasteiger partial charge in [-0.1, -0.05) is 45.7 Å². The predicted octanol–water partition coefficient (Wildman–Crippen LogP) is 5.25. The Morgan fingerprint density at radius 2 is 2.08 bits per heavy atom. The topological polar surface area (TPSA) is 38.3 Å². The molecule has 0 atom stereocenters. The number of Topliss-reactive ketones (excluding diaryl/α,β-unsaturated/α-hetero) is 1. The van der Waals surface area contributed by atoms with Crippen molar-refractivity contribution in [3.8, 4) is 5.75 Å². The van der Waals surface area contributed by atoms with Crippen LogP contribution in [-0.2, 0) is 6.61 Å². The lowest BCUT2D eigenvalue weighted by molar-refractivity contribution is 0.0975. The van der Waals surface area contributed by atoms with Crippen LogP contribution in [0, 0.1) is 5.92 Å². The number of hydrogen-bond acceptors (Lipinski definition) is 3. The first-order valence-corrected chi connectivity index (χ1v) is 9.69. The van der Waals surface area contributed by atoms with E-state index in [4.69, 9.17) is 16.3 Å². The number of hydrogen-bond donors (Lipinski definition) is 1. The number of ether oxygens (including phenoxy) is 1. The predicted molar refractivity (Wildman–Crippen MR) is 104 cm³/mol. The van der Waals surface area contributed by atoms with E-state index >= 15 is 0 Å². The summed E-state index contributed by atoms with van der Waals surface area (Å²) in [4.78, 5) is 12.4. The van der Waals surface area contributed by atoms with Crippen LogP contribution in [-0.4, -0.2) is 18.9 Å². The standard InChI is InChI=1S/C20H21BrClNO2/c21-19-10-17(22)8-7-16(19)13-25-18-5-2-4-15(9-18)20(24)6-1-3-14-11-23-12-14/h2,4-5,7-10,14,23H,1,3,6,11-13H2. The van der Waals surface area contributed by atoms with Crippen molar-refractivity contribution in [2.45, 2.75) is 25.9 Å². The Labute approximate surface area is 161 Å². The van der Waals surface area contributed by atoms with E-state index in [2.05, 4.69) is 21.2 Å². The van der Waals surface area contributed by atoms with Crippen molar-refractivity contribution in [2.75, 3.05) is 13.1 Å². The fourth-order valence-corrected chi connectivity index (χ4v) is 3.60. The zero-order valence-electron chi connectivity index (χ0n) is 13.9. The van der Waals surface area contributed by atoms with Gasteiger partial charge in [0.25, 0.3) is 0 Å². The third kappa shape index (κ3) is 5.30. The molecule has 1 aliphatic heterocycles. The summed E-state index contributed by atoms with van der Waals surface area (Å²) < 4.78 is 6.75. The molecule has 132 valence electrons. The van der Waals surface area contributed by atoms with Crippen molar-refractivity contribution in [1.82, 2.24) is 5.32 Å². The second-order valence-corrected chi connectivity index (χ2v) is 7.68. The van der Waals surface area contributed by atoms with Gasteiger partial charge in [0.2, 0.25) is 0 Å². The van der Waals surface area contributed by atoms with Crippen molar-refractivity contribution in [2.24, 2.45) is 5.92 Å². The molecule has 1 heterocycles. The van der Waals surface area contributed by atoms with Crippen LogP contribution in [0.2, 0.25) is 5.02 Å². The van der Waals surface area contributed by atoms with Crippen LogP contribution in [0.1, 0.15) is 35.2 Å². The van der Waals surface area contributed by atoms with E-state index in [0.717, 1.165) is 47.4 Å². The van der Waals surface area contributed by atoms with Gasteiger partial charge in [-0.25, -0.2) is 0 Å². The van der Waals surface area contributed by atoms with Crippen molar-refractivity contribution in [3.05, 3.63) is 63.1 Å². The summed E-state index contributed by atoms with van der Waals surface area (Å²) in [7, 11) is 0. The van der Waals surface area contributed by atoms with Crippen molar-refractivity contribution in [1.29, 1.82) is 0 Å². The normalized spacial score (nSPS) is 14.2. The van der Waals surface area contributed by atoms with Crippen LogP contribution in [0.15, 0.2) is 46.9 Å². The first-order chi connectivity index (χ1) is 12.1. The molecular weight excluding hydrogens is 402 g/mol. The van der Waals surface area contributed by atoms with Gasteiger partial charge in [0.15, 0.2) is 5.78 Å². The van der Waals surface area contributed by atoms with E-state index < -0.39 is 0 Å². The molecule has 0 aliphatic carbocycles. The number of carbonyl (C=O) groups excluding carboxylic acids is 1. The van der Waals surface area contributed by atoms with Crippen LogP contribution in [0.4, 0.5) is 0 Å². The molecule has 0 amide bonds. The smallest absolute Gasteiger partial charge is 0.163 e. The molecule has 3 nitrogen and oxygen atoms in total. The maximum absolute atomic E-state index is 12.4. The summed E-state index contributed by atoms with van der Waals surface area (Å²) in [5, 5.41) is 3.94. The highest BCUT2D eigenvalue weighted by Crippen LogP contribution is 2.24. The highest BCUT2D eigenvalue weighted by molar-refractivity contribution is 9.10. The van der Waals surface area contributed by atoms with Crippen LogP contribution < -0.4 is 10.1 Å². The summed E-state index contributed by atoms with van der Waals surface area (Å²) >= 11 is 9.44. The highest BCUT2D eigenvalue weighted by atomic mass is 79.9. The Kier molecular flexibility index (Phi) is 6.51. The molecule has 0 saturated carbocycles. The van der Waals surface area contributed by atoms with Crippen molar-refractivity contribution >= 4 is 33.3 Å². The maximum Gasteiger partial charge on any atom is 0.163 e. The van der Waals surface area contributed by atoms with E-state index in [-0.39, 0.29) is 5.78 Å². The Bertz CT molecular complexity index is 746. The molecule has 0 unspecified atom stereocenters. The largest absolute Gasteiger partial charge is 0.489 e. The van der Waals surface area contributed by atoms with Gasteiger partial charge < -0.3 is 10.1 Å². The fourth-order valence-electron chi connectivity index (χ4n) is 2.81. The second-order valence-electron chi connectivity index (χ2n) is 6.39. The SMILES string of the molecule is O=C(CCCC1CNC1)c1cccc(OCc2ccc(Cl)cc2Br)c1. The minimum Gasteiger partial charge on any atom is -0.489 e. The quantitative estimate of drug-likeness (QED) is 0.590. The third-order valence-electron chi connectivity index (χ3n) is 4.45. The fraction of sp³-hybridized carbons (Fsp3) is 0.350. The number of ketones is 1. The van der Waals surface area contributed by atoms with E-state index in [1.807, 2.05) is 42.5 Å². The average Bonchev–Trinajstić information content (AvgIpc) is 2.56. The molecular formula is C20H21BrClNO2. The molecule has 2 aromatic rings. The average molecular weight is 423 g/mol. The monoisotopic (exact) mass is 421 g/mol. The van der Waals surface area contributed by atoms with Gasteiger partial charge in [-0.3, -0.25) is 4.79 Å². The Hall–Kier alpha value is -1.36. The first kappa shape index (κ1) is 18.4. The van der Waals surface area contributed by atoms with Gasteiger partial charge in [0, 0.05) is 27.0 Å². The third-order valence-corrected chi connectivity index (χ3v) is 5.42. The summed E-state index contributed by atoms with van der Waals surface area (Å²) in [6, 6.07) is 13.0. The maximum atomic E-state index is 12.4. The summed E-state index contributed by atoms with van der Waals surface area (Å²) in [5.74, 6) is 1.64. The van der Waals surface area contributed by atoms with Gasteiger partial charge in [0.1, 0.15) is 12.4 Å². The molecule has 0 radical (unpaired) electrons. The van der Waals surface area contributed by atoms with Gasteiger partial charge in [-0.2, -0.15) is 0 Å². The number of carbonyl (C=O) groups is 1. The number of benzene rings is 2. The zero-order valence-corrected chi connectivity index (χ0v) is 16.3. The Balaban J connectivity index is 1.54. The van der Waals surface area contributed by atoms with Crippen LogP contribution in [0.5, 0.6) is 5.75 Å². The molecule has 1 aliphatic rings. The zero-order chi connectivity index (χ0) is 17.6. The first-order valence-electron chi connectivity index (χ1n) is 8.52. The number of rotatable bonds is 8.